The summed E-state index contributed by atoms with van der Waals surface area (Å²) in [4.78, 5) is 11.6. The summed E-state index contributed by atoms with van der Waals surface area (Å²) in [5.41, 5.74) is -0.554. The van der Waals surface area contributed by atoms with E-state index in [0.29, 0.717) is 12.1 Å². The molecule has 2 aromatic carbocycles. The summed E-state index contributed by atoms with van der Waals surface area (Å²) in [7, 11) is 0. The summed E-state index contributed by atoms with van der Waals surface area (Å²) < 4.78 is 55.8. The molecule has 0 aliphatic heterocycles. The van der Waals surface area contributed by atoms with Gasteiger partial charge in [-0.05, 0) is 23.8 Å². The lowest BCUT2D eigenvalue weighted by Crippen LogP contribution is -2.28. The average Bonchev–Trinajstić information content (AvgIpc) is 2.61. The van der Waals surface area contributed by atoms with E-state index in [1.54, 1.807) is 0 Å². The molecule has 0 fully saturated rings. The van der Waals surface area contributed by atoms with E-state index in [9.17, 15) is 22.4 Å². The van der Waals surface area contributed by atoms with Gasteiger partial charge in [-0.1, -0.05) is 44.2 Å². The van der Waals surface area contributed by atoms with E-state index in [-0.39, 0.29) is 12.3 Å². The Morgan fingerprint density at radius 2 is 1.72 bits per heavy atom. The first-order valence-electron chi connectivity index (χ1n) is 7.66. The lowest BCUT2D eigenvalue weighted by molar-refractivity contribution is -0.140. The zero-order chi connectivity index (χ0) is 18.9. The van der Waals surface area contributed by atoms with Gasteiger partial charge in [0.05, 0.1) is 5.56 Å². The highest BCUT2D eigenvalue weighted by atomic mass is 19.4. The molecule has 0 saturated carbocycles. The Bertz CT molecular complexity index is 673. The van der Waals surface area contributed by atoms with Crippen molar-refractivity contribution in [2.45, 2.75) is 26.6 Å². The van der Waals surface area contributed by atoms with Gasteiger partial charge in [-0.25, -0.2) is 4.39 Å². The number of ether oxygens (including phenoxy) is 1. The van der Waals surface area contributed by atoms with Crippen molar-refractivity contribution in [3.05, 3.63) is 65.5 Å². The van der Waals surface area contributed by atoms with Crippen LogP contribution in [0.3, 0.4) is 0 Å². The predicted octanol–water partition coefficient (Wildman–Crippen LogP) is 4.57. The van der Waals surface area contributed by atoms with Crippen LogP contribution in [-0.2, 0) is 17.5 Å². The first-order valence-corrected chi connectivity index (χ1v) is 7.66. The second-order valence-corrected chi connectivity index (χ2v) is 4.69. The minimum atomic E-state index is -4.82. The molecule has 3 nitrogen and oxygen atoms in total. The van der Waals surface area contributed by atoms with Gasteiger partial charge in [0.15, 0.2) is 6.61 Å². The zero-order valence-electron chi connectivity index (χ0n) is 13.9. The molecule has 0 atom stereocenters. The van der Waals surface area contributed by atoms with Crippen LogP contribution in [0, 0.1) is 5.82 Å². The maximum atomic E-state index is 13.1. The lowest BCUT2D eigenvalue weighted by Gasteiger charge is -2.11. The van der Waals surface area contributed by atoms with E-state index in [1.165, 1.54) is 0 Å². The van der Waals surface area contributed by atoms with Gasteiger partial charge < -0.3 is 10.1 Å². The van der Waals surface area contributed by atoms with Crippen LogP contribution in [0.5, 0.6) is 5.75 Å². The van der Waals surface area contributed by atoms with Crippen LogP contribution in [0.25, 0.3) is 0 Å². The molecule has 7 heteroatoms. The summed E-state index contributed by atoms with van der Waals surface area (Å²) in [6.07, 6.45) is -4.82. The molecule has 136 valence electrons. The van der Waals surface area contributed by atoms with Crippen LogP contribution in [-0.4, -0.2) is 12.5 Å². The second-order valence-electron chi connectivity index (χ2n) is 4.69. The molecule has 0 aliphatic carbocycles. The van der Waals surface area contributed by atoms with Crippen molar-refractivity contribution in [1.82, 2.24) is 5.32 Å². The van der Waals surface area contributed by atoms with Gasteiger partial charge in [0.1, 0.15) is 11.6 Å². The molecule has 1 N–H and O–H groups in total. The van der Waals surface area contributed by atoms with Crippen LogP contribution >= 0.6 is 0 Å². The molecule has 0 saturated heterocycles. The molecule has 1 amide bonds. The number of hydrogen-bond donors (Lipinski definition) is 1. The normalized spacial score (nSPS) is 10.5. The minimum Gasteiger partial charge on any atom is -0.484 e. The third kappa shape index (κ3) is 6.82. The monoisotopic (exact) mass is 357 g/mol. The highest BCUT2D eigenvalue weighted by Gasteiger charge is 2.34. The number of amides is 1. The second kappa shape index (κ2) is 9.66. The fraction of sp³-hybridized carbons (Fsp3) is 0.278. The quantitative estimate of drug-likeness (QED) is 0.797. The van der Waals surface area contributed by atoms with Crippen molar-refractivity contribution in [3.8, 4) is 5.75 Å². The molecule has 0 bridgehead atoms. The fourth-order valence-corrected chi connectivity index (χ4v) is 1.81. The average molecular weight is 357 g/mol. The molecule has 2 rings (SSSR count). The largest absolute Gasteiger partial charge is 0.484 e. The molecule has 0 aromatic heterocycles. The highest BCUT2D eigenvalue weighted by Crippen LogP contribution is 2.33. The summed E-state index contributed by atoms with van der Waals surface area (Å²) in [6, 6.07) is 11.3. The van der Waals surface area contributed by atoms with Crippen LogP contribution in [0.1, 0.15) is 25.0 Å². The number of halogens is 4. The van der Waals surface area contributed by atoms with Gasteiger partial charge in [-0.15, -0.1) is 0 Å². The minimum absolute atomic E-state index is 0.228. The SMILES string of the molecule is CC.O=C(COc1ccc(F)c(C(F)(F)F)c1)NCc1ccccc1. The number of rotatable bonds is 5. The zero-order valence-corrected chi connectivity index (χ0v) is 13.9. The molecular formula is C18H19F4NO2. The summed E-state index contributed by atoms with van der Waals surface area (Å²) in [6.45, 7) is 3.82. The van der Waals surface area contributed by atoms with E-state index in [4.69, 9.17) is 4.74 Å². The molecule has 0 heterocycles. The van der Waals surface area contributed by atoms with E-state index in [1.807, 2.05) is 44.2 Å². The molecule has 0 aliphatic rings. The molecule has 2 aromatic rings. The Hall–Kier alpha value is -2.57. The molecule has 25 heavy (non-hydrogen) atoms. The first-order chi connectivity index (χ1) is 11.9. The molecule has 0 unspecified atom stereocenters. The van der Waals surface area contributed by atoms with Crippen molar-refractivity contribution in [2.75, 3.05) is 6.61 Å². The Kier molecular flexibility index (Phi) is 7.91. The number of carbonyl (C=O) groups is 1. The van der Waals surface area contributed by atoms with Gasteiger partial charge in [0, 0.05) is 6.54 Å². The van der Waals surface area contributed by atoms with Gasteiger partial charge in [0.25, 0.3) is 5.91 Å². The van der Waals surface area contributed by atoms with Crippen molar-refractivity contribution in [2.24, 2.45) is 0 Å². The number of carbonyl (C=O) groups excluding carboxylic acids is 1. The predicted molar refractivity (Wildman–Crippen MR) is 86.5 cm³/mol. The first kappa shape index (κ1) is 20.5. The number of benzene rings is 2. The summed E-state index contributed by atoms with van der Waals surface area (Å²) >= 11 is 0. The Morgan fingerprint density at radius 1 is 1.08 bits per heavy atom. The standard InChI is InChI=1S/C16H13F4NO2.C2H6/c17-14-7-6-12(8-13(14)16(18,19)20)23-10-15(22)21-9-11-4-2-1-3-5-11;1-2/h1-8H,9-10H2,(H,21,22);1-2H3. The maximum Gasteiger partial charge on any atom is 0.419 e. The topological polar surface area (TPSA) is 38.3 Å². The smallest absolute Gasteiger partial charge is 0.419 e. The van der Waals surface area contributed by atoms with Crippen molar-refractivity contribution >= 4 is 5.91 Å². The number of alkyl halides is 3. The van der Waals surface area contributed by atoms with E-state index >= 15 is 0 Å². The third-order valence-corrected chi connectivity index (χ3v) is 2.95. The van der Waals surface area contributed by atoms with Gasteiger partial charge in [0.2, 0.25) is 0 Å². The van der Waals surface area contributed by atoms with E-state index < -0.39 is 30.1 Å². The van der Waals surface area contributed by atoms with Crippen molar-refractivity contribution in [1.29, 1.82) is 0 Å². The maximum absolute atomic E-state index is 13.1. The molecule has 0 radical (unpaired) electrons. The summed E-state index contributed by atoms with van der Waals surface area (Å²) in [5, 5.41) is 2.57. The van der Waals surface area contributed by atoms with E-state index in [0.717, 1.165) is 11.6 Å². The van der Waals surface area contributed by atoms with Crippen LogP contribution in [0.4, 0.5) is 17.6 Å². The summed E-state index contributed by atoms with van der Waals surface area (Å²) in [5.74, 6) is -2.11. The Labute approximate surface area is 143 Å². The van der Waals surface area contributed by atoms with Crippen LogP contribution in [0.2, 0.25) is 0 Å². The number of hydrogen-bond acceptors (Lipinski definition) is 2. The fourth-order valence-electron chi connectivity index (χ4n) is 1.81. The van der Waals surface area contributed by atoms with Crippen molar-refractivity contribution < 1.29 is 27.1 Å². The van der Waals surface area contributed by atoms with Gasteiger partial charge in [-0.3, -0.25) is 4.79 Å². The Morgan fingerprint density at radius 3 is 2.32 bits per heavy atom. The van der Waals surface area contributed by atoms with Gasteiger partial charge >= 0.3 is 6.18 Å². The Balaban J connectivity index is 0.00000151. The third-order valence-electron chi connectivity index (χ3n) is 2.95. The van der Waals surface area contributed by atoms with Crippen molar-refractivity contribution in [3.63, 3.8) is 0 Å². The van der Waals surface area contributed by atoms with Crippen LogP contribution < -0.4 is 10.1 Å². The van der Waals surface area contributed by atoms with E-state index in [2.05, 4.69) is 5.32 Å². The van der Waals surface area contributed by atoms with Gasteiger partial charge in [-0.2, -0.15) is 13.2 Å². The molecular weight excluding hydrogens is 338 g/mol. The highest BCUT2D eigenvalue weighted by molar-refractivity contribution is 5.77. The molecule has 0 spiro atoms. The van der Waals surface area contributed by atoms with Crippen LogP contribution in [0.15, 0.2) is 48.5 Å². The number of nitrogens with one attached hydrogen (secondary N) is 1. The lowest BCUT2D eigenvalue weighted by atomic mass is 10.2.